The highest BCUT2D eigenvalue weighted by Crippen LogP contribution is 2.14. The van der Waals surface area contributed by atoms with Gasteiger partial charge in [0.05, 0.1) is 17.9 Å². The maximum Gasteiger partial charge on any atom is 0.257 e. The molecule has 0 radical (unpaired) electrons. The van der Waals surface area contributed by atoms with Gasteiger partial charge in [-0.05, 0) is 12.5 Å². The number of oxime groups is 1. The highest BCUT2D eigenvalue weighted by Gasteiger charge is 2.28. The van der Waals surface area contributed by atoms with Gasteiger partial charge in [-0.2, -0.15) is 0 Å². The molecule has 2 heterocycles. The van der Waals surface area contributed by atoms with Gasteiger partial charge in [0.2, 0.25) is 0 Å². The van der Waals surface area contributed by atoms with Gasteiger partial charge in [-0.15, -0.1) is 0 Å². The summed E-state index contributed by atoms with van der Waals surface area (Å²) in [7, 11) is 0. The van der Waals surface area contributed by atoms with Crippen LogP contribution < -0.4 is 5.73 Å². The van der Waals surface area contributed by atoms with E-state index in [4.69, 9.17) is 15.4 Å². The summed E-state index contributed by atoms with van der Waals surface area (Å²) in [6.07, 6.45) is 4.75. The van der Waals surface area contributed by atoms with Gasteiger partial charge in [-0.1, -0.05) is 18.5 Å². The Bertz CT molecular complexity index is 478. The van der Waals surface area contributed by atoms with E-state index in [9.17, 15) is 4.79 Å². The van der Waals surface area contributed by atoms with Crippen molar-refractivity contribution in [3.8, 4) is 0 Å². The zero-order chi connectivity index (χ0) is 15.2. The maximum atomic E-state index is 12.2. The van der Waals surface area contributed by atoms with Gasteiger partial charge in [-0.25, -0.2) is 0 Å². The Morgan fingerprint density at radius 1 is 1.48 bits per heavy atom. The molecule has 21 heavy (non-hydrogen) atoms. The number of rotatable bonds is 5. The molecule has 1 aliphatic rings. The summed E-state index contributed by atoms with van der Waals surface area (Å²) in [6, 6.07) is 1.61. The number of amides is 1. The molecule has 0 aromatic carbocycles. The summed E-state index contributed by atoms with van der Waals surface area (Å²) in [6.45, 7) is 4.75. The Morgan fingerprint density at radius 2 is 2.19 bits per heavy atom. The molecule has 0 spiro atoms. The van der Waals surface area contributed by atoms with Crippen molar-refractivity contribution < 1.29 is 14.4 Å². The Balaban J connectivity index is 1.94. The van der Waals surface area contributed by atoms with Gasteiger partial charge in [0, 0.05) is 26.2 Å². The van der Waals surface area contributed by atoms with Gasteiger partial charge in [0.15, 0.2) is 5.84 Å². The Labute approximate surface area is 124 Å². The molecule has 1 aliphatic heterocycles. The Kier molecular flexibility index (Phi) is 5.21. The number of hydrogen-bond donors (Lipinski definition) is 2. The quantitative estimate of drug-likeness (QED) is 0.365. The van der Waals surface area contributed by atoms with Crippen molar-refractivity contribution in [2.75, 3.05) is 26.2 Å². The van der Waals surface area contributed by atoms with Crippen LogP contribution in [0, 0.1) is 0 Å². The number of hydrogen-bond acceptors (Lipinski definition) is 5. The van der Waals surface area contributed by atoms with Crippen LogP contribution >= 0.6 is 0 Å². The number of carbonyl (C=O) groups is 1. The van der Waals surface area contributed by atoms with E-state index in [0.717, 1.165) is 12.8 Å². The number of nitrogens with zero attached hydrogens (tertiary/aromatic N) is 3. The van der Waals surface area contributed by atoms with Crippen LogP contribution in [0.15, 0.2) is 28.2 Å². The third kappa shape index (κ3) is 3.55. The Morgan fingerprint density at radius 3 is 2.71 bits per heavy atom. The molecule has 1 aromatic heterocycles. The van der Waals surface area contributed by atoms with Crippen LogP contribution in [0.25, 0.3) is 0 Å². The van der Waals surface area contributed by atoms with Gasteiger partial charge in [0.1, 0.15) is 6.26 Å². The van der Waals surface area contributed by atoms with Crippen molar-refractivity contribution in [1.82, 2.24) is 9.80 Å². The van der Waals surface area contributed by atoms with E-state index in [1.807, 2.05) is 0 Å². The van der Waals surface area contributed by atoms with E-state index in [2.05, 4.69) is 17.0 Å². The number of carbonyl (C=O) groups excluding carboxylic acids is 1. The summed E-state index contributed by atoms with van der Waals surface area (Å²) >= 11 is 0. The van der Waals surface area contributed by atoms with E-state index in [-0.39, 0.29) is 17.8 Å². The molecule has 1 fully saturated rings. The lowest BCUT2D eigenvalue weighted by atomic mass is 10.1. The van der Waals surface area contributed by atoms with Crippen LogP contribution in [-0.4, -0.2) is 59.0 Å². The van der Waals surface area contributed by atoms with E-state index < -0.39 is 0 Å². The fourth-order valence-corrected chi connectivity index (χ4v) is 2.66. The fourth-order valence-electron chi connectivity index (χ4n) is 2.66. The predicted molar refractivity (Wildman–Crippen MR) is 78.3 cm³/mol. The zero-order valence-electron chi connectivity index (χ0n) is 12.2. The van der Waals surface area contributed by atoms with Crippen LogP contribution in [-0.2, 0) is 0 Å². The lowest BCUT2D eigenvalue weighted by molar-refractivity contribution is 0.0604. The van der Waals surface area contributed by atoms with Crippen molar-refractivity contribution in [3.63, 3.8) is 0 Å². The molecule has 2 rings (SSSR count). The van der Waals surface area contributed by atoms with Gasteiger partial charge < -0.3 is 20.3 Å². The van der Waals surface area contributed by atoms with E-state index in [0.29, 0.717) is 31.7 Å². The third-order valence-corrected chi connectivity index (χ3v) is 3.83. The first-order valence-corrected chi connectivity index (χ1v) is 7.20. The van der Waals surface area contributed by atoms with E-state index >= 15 is 0 Å². The topological polar surface area (TPSA) is 95.3 Å². The van der Waals surface area contributed by atoms with Crippen LogP contribution in [0.5, 0.6) is 0 Å². The zero-order valence-corrected chi connectivity index (χ0v) is 12.2. The monoisotopic (exact) mass is 294 g/mol. The second-order valence-electron chi connectivity index (χ2n) is 5.17. The summed E-state index contributed by atoms with van der Waals surface area (Å²) in [4.78, 5) is 16.2. The first-order chi connectivity index (χ1) is 10.2. The fraction of sp³-hybridized carbons (Fsp3) is 0.571. The largest absolute Gasteiger partial charge is 0.472 e. The second-order valence-corrected chi connectivity index (χ2v) is 5.17. The van der Waals surface area contributed by atoms with Crippen LogP contribution in [0.2, 0.25) is 0 Å². The van der Waals surface area contributed by atoms with Crippen LogP contribution in [0.1, 0.15) is 30.1 Å². The highest BCUT2D eigenvalue weighted by atomic mass is 16.4. The van der Waals surface area contributed by atoms with Crippen LogP contribution in [0.3, 0.4) is 0 Å². The first kappa shape index (κ1) is 15.4. The van der Waals surface area contributed by atoms with Crippen molar-refractivity contribution in [1.29, 1.82) is 0 Å². The number of piperazine rings is 1. The molecule has 7 nitrogen and oxygen atoms in total. The van der Waals surface area contributed by atoms with Crippen molar-refractivity contribution in [2.45, 2.75) is 25.8 Å². The van der Waals surface area contributed by atoms with Crippen molar-refractivity contribution in [2.24, 2.45) is 10.9 Å². The summed E-state index contributed by atoms with van der Waals surface area (Å²) < 4.78 is 4.95. The summed E-state index contributed by atoms with van der Waals surface area (Å²) in [5.41, 5.74) is 6.35. The minimum absolute atomic E-state index is 0.0146. The molecule has 1 atom stereocenters. The maximum absolute atomic E-state index is 12.2. The molecular formula is C14H22N4O3. The Hall–Kier alpha value is -2.02. The number of nitrogens with two attached hydrogens (primary N) is 1. The number of furan rings is 1. The molecule has 3 N–H and O–H groups in total. The molecule has 0 aliphatic carbocycles. The minimum atomic E-state index is -0.0637. The third-order valence-electron chi connectivity index (χ3n) is 3.83. The molecule has 1 saturated heterocycles. The SMILES string of the molecule is CCCC(C(N)=NO)N1CCN(C(=O)c2ccoc2)CC1. The molecule has 1 unspecified atom stereocenters. The van der Waals surface area contributed by atoms with Crippen molar-refractivity contribution >= 4 is 11.7 Å². The van der Waals surface area contributed by atoms with Gasteiger partial charge in [0.25, 0.3) is 5.91 Å². The molecule has 0 saturated carbocycles. The normalized spacial score (nSPS) is 18.7. The first-order valence-electron chi connectivity index (χ1n) is 7.20. The number of amidine groups is 1. The van der Waals surface area contributed by atoms with E-state index in [1.54, 1.807) is 11.0 Å². The van der Waals surface area contributed by atoms with Gasteiger partial charge >= 0.3 is 0 Å². The average Bonchev–Trinajstić information content (AvgIpc) is 3.06. The molecule has 116 valence electrons. The highest BCUT2D eigenvalue weighted by molar-refractivity contribution is 5.94. The second kappa shape index (κ2) is 7.12. The lowest BCUT2D eigenvalue weighted by Crippen LogP contribution is -2.55. The molecule has 0 bridgehead atoms. The molecule has 1 aromatic rings. The van der Waals surface area contributed by atoms with Crippen molar-refractivity contribution in [3.05, 3.63) is 24.2 Å². The molecular weight excluding hydrogens is 272 g/mol. The summed E-state index contributed by atoms with van der Waals surface area (Å²) in [5, 5.41) is 12.0. The summed E-state index contributed by atoms with van der Waals surface area (Å²) in [5.74, 6) is 0.227. The van der Waals surface area contributed by atoms with Crippen LogP contribution in [0.4, 0.5) is 0 Å². The lowest BCUT2D eigenvalue weighted by Gasteiger charge is -2.38. The van der Waals surface area contributed by atoms with Gasteiger partial charge in [-0.3, -0.25) is 9.69 Å². The average molecular weight is 294 g/mol. The van der Waals surface area contributed by atoms with E-state index in [1.165, 1.54) is 12.5 Å². The molecule has 7 heteroatoms. The smallest absolute Gasteiger partial charge is 0.257 e. The predicted octanol–water partition coefficient (Wildman–Crippen LogP) is 0.952. The molecule has 1 amide bonds. The standard InChI is InChI=1S/C14H22N4O3/c1-2-3-12(13(15)16-20)17-5-7-18(8-6-17)14(19)11-4-9-21-10-11/h4,9-10,12,20H,2-3,5-8H2,1H3,(H2,15,16). The minimum Gasteiger partial charge on any atom is -0.472 e.